The quantitative estimate of drug-likeness (QED) is 0.936. The molecule has 5 heteroatoms. The Hall–Kier alpha value is -1.62. The Labute approximate surface area is 127 Å². The highest BCUT2D eigenvalue weighted by molar-refractivity contribution is 9.10. The van der Waals surface area contributed by atoms with Crippen molar-refractivity contribution in [2.24, 2.45) is 0 Å². The van der Waals surface area contributed by atoms with Crippen LogP contribution >= 0.6 is 15.9 Å². The molecular formula is C15H17BrN4. The molecule has 0 radical (unpaired) electrons. The number of aromatic nitrogens is 2. The lowest BCUT2D eigenvalue weighted by Gasteiger charge is -2.33. The van der Waals surface area contributed by atoms with E-state index < -0.39 is 0 Å². The molecule has 1 atom stereocenters. The third-order valence-electron chi connectivity index (χ3n) is 3.46. The van der Waals surface area contributed by atoms with Crippen LogP contribution in [0, 0.1) is 0 Å². The molecule has 0 spiro atoms. The fraction of sp³-hybridized carbons (Fsp3) is 0.333. The van der Waals surface area contributed by atoms with Gasteiger partial charge in [-0.3, -0.25) is 0 Å². The first-order valence-corrected chi connectivity index (χ1v) is 7.64. The standard InChI is InChI=1S/C15H17BrN4/c16-12-9-17-15(18-10-12)20-8-4-7-14(11-20)19-13-5-2-1-3-6-13/h1-3,5-6,9-10,14,19H,4,7-8,11H2. The monoisotopic (exact) mass is 332 g/mol. The van der Waals surface area contributed by atoms with E-state index in [9.17, 15) is 0 Å². The van der Waals surface area contributed by atoms with Crippen LogP contribution < -0.4 is 10.2 Å². The lowest BCUT2D eigenvalue weighted by atomic mass is 10.1. The summed E-state index contributed by atoms with van der Waals surface area (Å²) in [4.78, 5) is 11.0. The zero-order chi connectivity index (χ0) is 13.8. The van der Waals surface area contributed by atoms with Crippen LogP contribution in [0.25, 0.3) is 0 Å². The van der Waals surface area contributed by atoms with Gasteiger partial charge >= 0.3 is 0 Å². The molecule has 0 aliphatic carbocycles. The molecule has 0 amide bonds. The van der Waals surface area contributed by atoms with E-state index in [0.717, 1.165) is 29.9 Å². The van der Waals surface area contributed by atoms with Crippen molar-refractivity contribution in [2.45, 2.75) is 18.9 Å². The van der Waals surface area contributed by atoms with E-state index >= 15 is 0 Å². The lowest BCUT2D eigenvalue weighted by Crippen LogP contribution is -2.42. The molecule has 1 aromatic carbocycles. The smallest absolute Gasteiger partial charge is 0.225 e. The van der Waals surface area contributed by atoms with Gasteiger partial charge < -0.3 is 10.2 Å². The molecule has 1 unspecified atom stereocenters. The highest BCUT2D eigenvalue weighted by Gasteiger charge is 2.21. The third-order valence-corrected chi connectivity index (χ3v) is 3.87. The summed E-state index contributed by atoms with van der Waals surface area (Å²) in [6.07, 6.45) is 5.94. The van der Waals surface area contributed by atoms with Crippen LogP contribution in [0.5, 0.6) is 0 Å². The summed E-state index contributed by atoms with van der Waals surface area (Å²) in [7, 11) is 0. The molecule has 1 fully saturated rings. The number of rotatable bonds is 3. The van der Waals surface area contributed by atoms with Gasteiger partial charge in [0, 0.05) is 37.2 Å². The number of nitrogens with zero attached hydrogens (tertiary/aromatic N) is 3. The molecule has 1 aliphatic heterocycles. The summed E-state index contributed by atoms with van der Waals surface area (Å²) in [5.74, 6) is 0.813. The van der Waals surface area contributed by atoms with Crippen molar-refractivity contribution in [3.8, 4) is 0 Å². The van der Waals surface area contributed by atoms with Crippen molar-refractivity contribution in [3.63, 3.8) is 0 Å². The van der Waals surface area contributed by atoms with Gasteiger partial charge in [0.25, 0.3) is 0 Å². The second-order valence-corrected chi connectivity index (χ2v) is 5.91. The molecular weight excluding hydrogens is 316 g/mol. The number of anilines is 2. The van der Waals surface area contributed by atoms with Gasteiger partial charge in [0.05, 0.1) is 4.47 Å². The van der Waals surface area contributed by atoms with Crippen LogP contribution in [0.4, 0.5) is 11.6 Å². The van der Waals surface area contributed by atoms with E-state index in [0.29, 0.717) is 6.04 Å². The van der Waals surface area contributed by atoms with Crippen molar-refractivity contribution in [3.05, 3.63) is 47.2 Å². The molecule has 3 rings (SSSR count). The Morgan fingerprint density at radius 1 is 1.15 bits per heavy atom. The summed E-state index contributed by atoms with van der Waals surface area (Å²) in [5, 5.41) is 3.59. The zero-order valence-corrected chi connectivity index (χ0v) is 12.8. The van der Waals surface area contributed by atoms with Crippen molar-refractivity contribution < 1.29 is 0 Å². The topological polar surface area (TPSA) is 41.1 Å². The second-order valence-electron chi connectivity index (χ2n) is 5.00. The van der Waals surface area contributed by atoms with E-state index in [1.807, 2.05) is 6.07 Å². The third kappa shape index (κ3) is 3.28. The number of halogens is 1. The highest BCUT2D eigenvalue weighted by Crippen LogP contribution is 2.19. The van der Waals surface area contributed by atoms with E-state index in [1.165, 1.54) is 12.1 Å². The average Bonchev–Trinajstić information content (AvgIpc) is 2.49. The normalized spacial score (nSPS) is 18.9. The molecule has 4 nitrogen and oxygen atoms in total. The molecule has 104 valence electrons. The van der Waals surface area contributed by atoms with Crippen LogP contribution in [0.1, 0.15) is 12.8 Å². The van der Waals surface area contributed by atoms with Crippen molar-refractivity contribution in [1.82, 2.24) is 9.97 Å². The van der Waals surface area contributed by atoms with E-state index in [2.05, 4.69) is 60.4 Å². The number of piperidine rings is 1. The van der Waals surface area contributed by atoms with Crippen molar-refractivity contribution in [1.29, 1.82) is 0 Å². The molecule has 0 bridgehead atoms. The van der Waals surface area contributed by atoms with Crippen molar-refractivity contribution >= 4 is 27.6 Å². The van der Waals surface area contributed by atoms with Crippen LogP contribution in [-0.2, 0) is 0 Å². The SMILES string of the molecule is Brc1cnc(N2CCCC(Nc3ccccc3)C2)nc1. The van der Waals surface area contributed by atoms with E-state index in [-0.39, 0.29) is 0 Å². The minimum absolute atomic E-state index is 0.443. The maximum absolute atomic E-state index is 4.38. The summed E-state index contributed by atoms with van der Waals surface area (Å²) in [6, 6.07) is 10.8. The predicted octanol–water partition coefficient (Wildman–Crippen LogP) is 3.32. The molecule has 2 aromatic rings. The van der Waals surface area contributed by atoms with Crippen LogP contribution in [0.2, 0.25) is 0 Å². The van der Waals surface area contributed by atoms with Gasteiger partial charge in [-0.15, -0.1) is 0 Å². The molecule has 1 aromatic heterocycles. The maximum atomic E-state index is 4.38. The maximum Gasteiger partial charge on any atom is 0.225 e. The largest absolute Gasteiger partial charge is 0.381 e. The number of hydrogen-bond acceptors (Lipinski definition) is 4. The Morgan fingerprint density at radius 3 is 2.65 bits per heavy atom. The Morgan fingerprint density at radius 2 is 1.90 bits per heavy atom. The fourth-order valence-electron chi connectivity index (χ4n) is 2.52. The van der Waals surface area contributed by atoms with Gasteiger partial charge in [-0.1, -0.05) is 18.2 Å². The van der Waals surface area contributed by atoms with E-state index in [4.69, 9.17) is 0 Å². The zero-order valence-electron chi connectivity index (χ0n) is 11.2. The van der Waals surface area contributed by atoms with Crippen LogP contribution in [0.15, 0.2) is 47.2 Å². The van der Waals surface area contributed by atoms with Crippen molar-refractivity contribution in [2.75, 3.05) is 23.3 Å². The second kappa shape index (κ2) is 6.22. The van der Waals surface area contributed by atoms with Gasteiger partial charge in [-0.25, -0.2) is 9.97 Å². The molecule has 0 saturated carbocycles. The average molecular weight is 333 g/mol. The lowest BCUT2D eigenvalue weighted by molar-refractivity contribution is 0.523. The minimum Gasteiger partial charge on any atom is -0.381 e. The molecule has 1 N–H and O–H groups in total. The predicted molar refractivity (Wildman–Crippen MR) is 85.0 cm³/mol. The first-order chi connectivity index (χ1) is 9.81. The van der Waals surface area contributed by atoms with Gasteiger partial charge in [0.1, 0.15) is 0 Å². The minimum atomic E-state index is 0.443. The highest BCUT2D eigenvalue weighted by atomic mass is 79.9. The summed E-state index contributed by atoms with van der Waals surface area (Å²) in [5.41, 5.74) is 1.18. The van der Waals surface area contributed by atoms with Gasteiger partial charge in [0.15, 0.2) is 0 Å². The van der Waals surface area contributed by atoms with Gasteiger partial charge in [-0.05, 0) is 40.9 Å². The summed E-state index contributed by atoms with van der Waals surface area (Å²) in [6.45, 7) is 1.96. The number of benzene rings is 1. The van der Waals surface area contributed by atoms with Gasteiger partial charge in [0.2, 0.25) is 5.95 Å². The molecule has 1 saturated heterocycles. The molecule has 20 heavy (non-hydrogen) atoms. The number of nitrogens with one attached hydrogen (secondary N) is 1. The fourth-order valence-corrected chi connectivity index (χ4v) is 2.72. The Kier molecular flexibility index (Phi) is 4.16. The Bertz CT molecular complexity index is 544. The Balaban J connectivity index is 1.66. The number of para-hydroxylation sites is 1. The summed E-state index contributed by atoms with van der Waals surface area (Å²) >= 11 is 3.37. The first-order valence-electron chi connectivity index (χ1n) is 6.85. The van der Waals surface area contributed by atoms with Gasteiger partial charge in [-0.2, -0.15) is 0 Å². The van der Waals surface area contributed by atoms with E-state index in [1.54, 1.807) is 12.4 Å². The molecule has 1 aliphatic rings. The molecule has 2 heterocycles. The van der Waals surface area contributed by atoms with Crippen LogP contribution in [-0.4, -0.2) is 29.1 Å². The summed E-state index contributed by atoms with van der Waals surface area (Å²) < 4.78 is 0.914. The first kappa shape index (κ1) is 13.4. The van der Waals surface area contributed by atoms with Crippen LogP contribution in [0.3, 0.4) is 0 Å². The number of hydrogen-bond donors (Lipinski definition) is 1.